The van der Waals surface area contributed by atoms with Crippen molar-refractivity contribution in [1.82, 2.24) is 9.47 Å². The van der Waals surface area contributed by atoms with E-state index in [0.717, 1.165) is 27.7 Å². The minimum Gasteiger partial charge on any atom is -0.508 e. The Balaban J connectivity index is 2.42. The zero-order valence-electron chi connectivity index (χ0n) is 15.6. The van der Waals surface area contributed by atoms with E-state index in [0.29, 0.717) is 18.7 Å². The van der Waals surface area contributed by atoms with Crippen molar-refractivity contribution in [2.24, 2.45) is 7.05 Å². The number of nitrogens with zero attached hydrogens (tertiary/aromatic N) is 2. The van der Waals surface area contributed by atoms with Crippen molar-refractivity contribution < 1.29 is 14.6 Å². The van der Waals surface area contributed by atoms with E-state index in [1.165, 1.54) is 0 Å². The lowest BCUT2D eigenvalue weighted by molar-refractivity contribution is 0.0529. The van der Waals surface area contributed by atoms with Crippen LogP contribution in [0.3, 0.4) is 0 Å². The summed E-state index contributed by atoms with van der Waals surface area (Å²) in [6.45, 7) is 2.61. The molecule has 1 aromatic heterocycles. The lowest BCUT2D eigenvalue weighted by atomic mass is 10.0. The van der Waals surface area contributed by atoms with Crippen LogP contribution in [0.4, 0.5) is 0 Å². The highest BCUT2D eigenvalue weighted by atomic mass is 16.5. The van der Waals surface area contributed by atoms with Crippen molar-refractivity contribution in [3.05, 3.63) is 53.6 Å². The van der Waals surface area contributed by atoms with Gasteiger partial charge >= 0.3 is 5.97 Å². The van der Waals surface area contributed by atoms with E-state index in [4.69, 9.17) is 4.74 Å². The molecule has 0 saturated carbocycles. The molecule has 1 heterocycles. The van der Waals surface area contributed by atoms with Crippen LogP contribution in [0.15, 0.2) is 42.5 Å². The maximum Gasteiger partial charge on any atom is 0.340 e. The molecule has 0 atom stereocenters. The predicted octanol–water partition coefficient (Wildman–Crippen LogP) is 3.79. The van der Waals surface area contributed by atoms with Gasteiger partial charge in [-0.15, -0.1) is 0 Å². The number of phenolic OH excluding ortho intramolecular Hbond substituents is 1. The van der Waals surface area contributed by atoms with Crippen LogP contribution in [0.5, 0.6) is 5.75 Å². The number of hydrogen-bond donors (Lipinski definition) is 1. The van der Waals surface area contributed by atoms with Gasteiger partial charge in [-0.3, -0.25) is 0 Å². The molecule has 0 spiro atoms. The van der Waals surface area contributed by atoms with Gasteiger partial charge in [-0.25, -0.2) is 4.79 Å². The number of aromatic hydroxyl groups is 1. The molecule has 0 unspecified atom stereocenters. The SMILES string of the molecule is CCOC(=O)c1c(-c2ccccc2)n(C)c2ccc(O)c(CN(C)C)c12. The maximum absolute atomic E-state index is 12.9. The van der Waals surface area contributed by atoms with E-state index in [2.05, 4.69) is 0 Å². The number of rotatable bonds is 5. The van der Waals surface area contributed by atoms with Crippen molar-refractivity contribution in [2.75, 3.05) is 20.7 Å². The zero-order valence-corrected chi connectivity index (χ0v) is 15.6. The summed E-state index contributed by atoms with van der Waals surface area (Å²) >= 11 is 0. The van der Waals surface area contributed by atoms with Crippen LogP contribution in [0.1, 0.15) is 22.8 Å². The summed E-state index contributed by atoms with van der Waals surface area (Å²) in [5.41, 5.74) is 3.85. The Morgan fingerprint density at radius 3 is 2.46 bits per heavy atom. The molecule has 2 aromatic carbocycles. The molecular weight excluding hydrogens is 328 g/mol. The van der Waals surface area contributed by atoms with E-state index >= 15 is 0 Å². The molecule has 0 radical (unpaired) electrons. The second kappa shape index (κ2) is 7.22. The summed E-state index contributed by atoms with van der Waals surface area (Å²) in [5, 5.41) is 11.2. The Morgan fingerprint density at radius 2 is 1.85 bits per heavy atom. The molecule has 26 heavy (non-hydrogen) atoms. The van der Waals surface area contributed by atoms with Crippen LogP contribution in [0.25, 0.3) is 22.2 Å². The van der Waals surface area contributed by atoms with Crippen LogP contribution in [-0.2, 0) is 18.3 Å². The number of ether oxygens (including phenoxy) is 1. The first kappa shape index (κ1) is 18.0. The number of carbonyl (C=O) groups is 1. The second-order valence-corrected chi connectivity index (χ2v) is 6.56. The lowest BCUT2D eigenvalue weighted by Gasteiger charge is -2.13. The van der Waals surface area contributed by atoms with Gasteiger partial charge in [0.05, 0.1) is 17.9 Å². The summed E-state index contributed by atoms with van der Waals surface area (Å²) in [6, 6.07) is 13.3. The number of benzene rings is 2. The predicted molar refractivity (Wildman–Crippen MR) is 103 cm³/mol. The number of fused-ring (bicyclic) bond motifs is 1. The molecule has 3 rings (SSSR count). The van der Waals surface area contributed by atoms with Crippen LogP contribution in [0.2, 0.25) is 0 Å². The number of carbonyl (C=O) groups excluding carboxylic acids is 1. The van der Waals surface area contributed by atoms with Crippen LogP contribution in [0, 0.1) is 0 Å². The van der Waals surface area contributed by atoms with Crippen LogP contribution in [-0.4, -0.2) is 41.2 Å². The summed E-state index contributed by atoms with van der Waals surface area (Å²) in [7, 11) is 5.80. The second-order valence-electron chi connectivity index (χ2n) is 6.56. The Bertz CT molecular complexity index is 943. The Morgan fingerprint density at radius 1 is 1.15 bits per heavy atom. The fourth-order valence-electron chi connectivity index (χ4n) is 3.40. The first-order chi connectivity index (χ1) is 12.5. The summed E-state index contributed by atoms with van der Waals surface area (Å²) in [6.07, 6.45) is 0. The smallest absolute Gasteiger partial charge is 0.340 e. The highest BCUT2D eigenvalue weighted by Gasteiger charge is 2.26. The molecule has 3 aromatic rings. The van der Waals surface area contributed by atoms with Gasteiger partial charge in [-0.05, 0) is 38.7 Å². The number of esters is 1. The molecular formula is C21H24N2O3. The van der Waals surface area contributed by atoms with Gasteiger partial charge in [0.15, 0.2) is 0 Å². The Hall–Kier alpha value is -2.79. The summed E-state index contributed by atoms with van der Waals surface area (Å²) in [4.78, 5) is 14.9. The number of hydrogen-bond acceptors (Lipinski definition) is 4. The van der Waals surface area contributed by atoms with Crippen molar-refractivity contribution in [3.63, 3.8) is 0 Å². The monoisotopic (exact) mass is 352 g/mol. The van der Waals surface area contributed by atoms with E-state index in [9.17, 15) is 9.90 Å². The standard InChI is InChI=1S/C21H24N2O3/c1-5-26-21(25)19-18-15(13-22(2)3)17(24)12-11-16(18)23(4)20(19)14-9-7-6-8-10-14/h6-12,24H,5,13H2,1-4H3. The summed E-state index contributed by atoms with van der Waals surface area (Å²) in [5.74, 6) is -0.190. The van der Waals surface area contributed by atoms with Crippen molar-refractivity contribution >= 4 is 16.9 Å². The van der Waals surface area contributed by atoms with Crippen molar-refractivity contribution in [3.8, 4) is 17.0 Å². The average Bonchev–Trinajstić information content (AvgIpc) is 2.91. The quantitative estimate of drug-likeness (QED) is 0.710. The largest absolute Gasteiger partial charge is 0.508 e. The molecule has 5 heteroatoms. The Labute approximate surface area is 153 Å². The fraction of sp³-hybridized carbons (Fsp3) is 0.286. The lowest BCUT2D eigenvalue weighted by Crippen LogP contribution is -2.12. The van der Waals surface area contributed by atoms with Gasteiger partial charge in [0.2, 0.25) is 0 Å². The third-order valence-corrected chi connectivity index (χ3v) is 4.45. The molecule has 136 valence electrons. The van der Waals surface area contributed by atoms with E-state index in [-0.39, 0.29) is 11.7 Å². The van der Waals surface area contributed by atoms with Gasteiger partial charge in [0, 0.05) is 30.1 Å². The number of phenols is 1. The molecule has 0 aliphatic carbocycles. The van der Waals surface area contributed by atoms with Gasteiger partial charge in [0.25, 0.3) is 0 Å². The summed E-state index contributed by atoms with van der Waals surface area (Å²) < 4.78 is 7.36. The molecule has 0 aliphatic rings. The van der Waals surface area contributed by atoms with Gasteiger partial charge in [-0.1, -0.05) is 30.3 Å². The van der Waals surface area contributed by atoms with Gasteiger partial charge < -0.3 is 19.3 Å². The number of aryl methyl sites for hydroxylation is 1. The molecule has 0 amide bonds. The highest BCUT2D eigenvalue weighted by molar-refractivity contribution is 6.12. The molecule has 5 nitrogen and oxygen atoms in total. The van der Waals surface area contributed by atoms with Crippen LogP contribution >= 0.6 is 0 Å². The van der Waals surface area contributed by atoms with E-state index in [1.54, 1.807) is 13.0 Å². The minimum absolute atomic E-state index is 0.182. The normalized spacial score (nSPS) is 11.3. The third-order valence-electron chi connectivity index (χ3n) is 4.45. The first-order valence-electron chi connectivity index (χ1n) is 8.66. The van der Waals surface area contributed by atoms with E-state index < -0.39 is 0 Å². The van der Waals surface area contributed by atoms with Crippen LogP contribution < -0.4 is 0 Å². The Kier molecular flexibility index (Phi) is 5.00. The molecule has 1 N–H and O–H groups in total. The molecule has 0 aliphatic heterocycles. The maximum atomic E-state index is 12.9. The molecule has 0 fully saturated rings. The zero-order chi connectivity index (χ0) is 18.8. The molecule has 0 bridgehead atoms. The van der Waals surface area contributed by atoms with Crippen molar-refractivity contribution in [1.29, 1.82) is 0 Å². The topological polar surface area (TPSA) is 54.7 Å². The number of aromatic nitrogens is 1. The van der Waals surface area contributed by atoms with Gasteiger partial charge in [-0.2, -0.15) is 0 Å². The average molecular weight is 352 g/mol. The van der Waals surface area contributed by atoms with E-state index in [1.807, 2.05) is 67.0 Å². The fourth-order valence-corrected chi connectivity index (χ4v) is 3.40. The third kappa shape index (κ3) is 3.06. The first-order valence-corrected chi connectivity index (χ1v) is 8.66. The highest BCUT2D eigenvalue weighted by Crippen LogP contribution is 2.38. The van der Waals surface area contributed by atoms with Crippen molar-refractivity contribution in [2.45, 2.75) is 13.5 Å². The molecule has 0 saturated heterocycles. The minimum atomic E-state index is -0.373. The van der Waals surface area contributed by atoms with Gasteiger partial charge in [0.1, 0.15) is 5.75 Å².